The Kier molecular flexibility index (Phi) is 8.05. The van der Waals surface area contributed by atoms with E-state index in [4.69, 9.17) is 16.2 Å². The normalized spacial score (nSPS) is 24.9. The molecule has 0 aromatic rings. The molecule has 2 aliphatic carbocycles. The van der Waals surface area contributed by atoms with Crippen LogP contribution in [0.4, 0.5) is 0 Å². The molecule has 3 nitrogen and oxygen atoms in total. The van der Waals surface area contributed by atoms with Gasteiger partial charge in [-0.2, -0.15) is 0 Å². The van der Waals surface area contributed by atoms with Crippen LogP contribution in [0.3, 0.4) is 0 Å². The number of nitrogens with two attached hydrogens (primary N) is 2. The molecule has 2 aliphatic rings. The highest BCUT2D eigenvalue weighted by Crippen LogP contribution is 2.34. The second-order valence-electron chi connectivity index (χ2n) is 7.16. The summed E-state index contributed by atoms with van der Waals surface area (Å²) in [5.74, 6) is 1.48. The van der Waals surface area contributed by atoms with Crippen LogP contribution in [0.25, 0.3) is 0 Å². The second kappa shape index (κ2) is 9.81. The van der Waals surface area contributed by atoms with Gasteiger partial charge in [-0.15, -0.1) is 0 Å². The summed E-state index contributed by atoms with van der Waals surface area (Å²) in [6.07, 6.45) is 16.5. The highest BCUT2D eigenvalue weighted by Gasteiger charge is 2.30. The van der Waals surface area contributed by atoms with Gasteiger partial charge in [-0.25, -0.2) is 0 Å². The molecule has 0 spiro atoms. The van der Waals surface area contributed by atoms with Crippen LogP contribution >= 0.6 is 0 Å². The predicted molar refractivity (Wildman–Crippen MR) is 89.2 cm³/mol. The molecule has 0 aromatic heterocycles. The van der Waals surface area contributed by atoms with Gasteiger partial charge in [-0.1, -0.05) is 38.5 Å². The molecule has 0 heterocycles. The highest BCUT2D eigenvalue weighted by atomic mass is 16.5. The zero-order valence-corrected chi connectivity index (χ0v) is 13.8. The van der Waals surface area contributed by atoms with Crippen molar-refractivity contribution in [2.24, 2.45) is 23.3 Å². The zero-order valence-electron chi connectivity index (χ0n) is 13.8. The topological polar surface area (TPSA) is 61.3 Å². The minimum atomic E-state index is 0.383. The molecule has 0 bridgehead atoms. The average molecular weight is 296 g/mol. The number of hydrogen-bond acceptors (Lipinski definition) is 3. The second-order valence-corrected chi connectivity index (χ2v) is 7.16. The van der Waals surface area contributed by atoms with Crippen molar-refractivity contribution in [3.63, 3.8) is 0 Å². The average Bonchev–Trinajstić information content (AvgIpc) is 2.55. The summed E-state index contributed by atoms with van der Waals surface area (Å²) in [7, 11) is 0. The molecule has 21 heavy (non-hydrogen) atoms. The van der Waals surface area contributed by atoms with Crippen molar-refractivity contribution < 1.29 is 4.74 Å². The van der Waals surface area contributed by atoms with Crippen LogP contribution in [-0.2, 0) is 4.74 Å². The van der Waals surface area contributed by atoms with Gasteiger partial charge in [0, 0.05) is 0 Å². The fourth-order valence-corrected chi connectivity index (χ4v) is 4.39. The van der Waals surface area contributed by atoms with Gasteiger partial charge in [0.2, 0.25) is 0 Å². The molecule has 2 saturated carbocycles. The minimum Gasteiger partial charge on any atom is -0.374 e. The van der Waals surface area contributed by atoms with E-state index in [0.717, 1.165) is 37.8 Å². The first-order valence-corrected chi connectivity index (χ1v) is 9.40. The summed E-state index contributed by atoms with van der Waals surface area (Å²) in [5.41, 5.74) is 11.7. The van der Waals surface area contributed by atoms with Gasteiger partial charge >= 0.3 is 0 Å². The van der Waals surface area contributed by atoms with Crippen molar-refractivity contribution >= 4 is 0 Å². The first-order chi connectivity index (χ1) is 10.3. The van der Waals surface area contributed by atoms with Gasteiger partial charge in [0.05, 0.1) is 12.2 Å². The lowest BCUT2D eigenvalue weighted by Crippen LogP contribution is -2.37. The standard InChI is InChI=1S/C18H36N2O/c19-13-11-17(15-7-3-1-4-8-15)21-18(12-14-20)16-9-5-2-6-10-16/h15-18H,1-14,19-20H2. The molecule has 0 saturated heterocycles. The molecule has 4 N–H and O–H groups in total. The lowest BCUT2D eigenvalue weighted by atomic mass is 9.82. The number of ether oxygens (including phenoxy) is 1. The molecular weight excluding hydrogens is 260 g/mol. The Morgan fingerprint density at radius 1 is 0.667 bits per heavy atom. The third-order valence-electron chi connectivity index (χ3n) is 5.60. The summed E-state index contributed by atoms with van der Waals surface area (Å²) < 4.78 is 6.65. The Balaban J connectivity index is 1.92. The van der Waals surface area contributed by atoms with Crippen molar-refractivity contribution in [3.05, 3.63) is 0 Å². The first kappa shape index (κ1) is 17.2. The Bertz CT molecular complexity index is 234. The lowest BCUT2D eigenvalue weighted by molar-refractivity contribution is -0.0852. The number of rotatable bonds is 8. The first-order valence-electron chi connectivity index (χ1n) is 9.40. The Labute approximate surface area is 131 Å². The van der Waals surface area contributed by atoms with Gasteiger partial charge < -0.3 is 16.2 Å². The van der Waals surface area contributed by atoms with Crippen molar-refractivity contribution in [1.29, 1.82) is 0 Å². The summed E-state index contributed by atoms with van der Waals surface area (Å²) in [6, 6.07) is 0. The van der Waals surface area contributed by atoms with E-state index in [0.29, 0.717) is 12.2 Å². The van der Waals surface area contributed by atoms with Crippen molar-refractivity contribution in [2.45, 2.75) is 89.3 Å². The van der Waals surface area contributed by atoms with Crippen LogP contribution in [-0.4, -0.2) is 25.3 Å². The quantitative estimate of drug-likeness (QED) is 0.719. The van der Waals surface area contributed by atoms with Crippen LogP contribution in [0.2, 0.25) is 0 Å². The molecule has 124 valence electrons. The number of hydrogen-bond donors (Lipinski definition) is 2. The smallest absolute Gasteiger partial charge is 0.0619 e. The SMILES string of the molecule is NCCC(OC(CCN)C1CCCCC1)C1CCCCC1. The van der Waals surface area contributed by atoms with Gasteiger partial charge in [-0.05, 0) is 63.5 Å². The summed E-state index contributed by atoms with van der Waals surface area (Å²) in [6.45, 7) is 1.50. The molecule has 0 amide bonds. The molecule has 2 atom stereocenters. The summed E-state index contributed by atoms with van der Waals surface area (Å²) >= 11 is 0. The van der Waals surface area contributed by atoms with E-state index in [2.05, 4.69) is 0 Å². The van der Waals surface area contributed by atoms with E-state index in [1.54, 1.807) is 0 Å². The summed E-state index contributed by atoms with van der Waals surface area (Å²) in [5, 5.41) is 0. The monoisotopic (exact) mass is 296 g/mol. The van der Waals surface area contributed by atoms with E-state index in [9.17, 15) is 0 Å². The maximum atomic E-state index is 6.65. The van der Waals surface area contributed by atoms with Gasteiger partial charge in [0.1, 0.15) is 0 Å². The Hall–Kier alpha value is -0.120. The fourth-order valence-electron chi connectivity index (χ4n) is 4.39. The van der Waals surface area contributed by atoms with Gasteiger partial charge in [-0.3, -0.25) is 0 Å². The van der Waals surface area contributed by atoms with Gasteiger partial charge in [0.25, 0.3) is 0 Å². The molecule has 3 heteroatoms. The molecule has 2 unspecified atom stereocenters. The lowest BCUT2D eigenvalue weighted by Gasteiger charge is -2.37. The molecule has 0 radical (unpaired) electrons. The molecular formula is C18H36N2O. The van der Waals surface area contributed by atoms with Crippen LogP contribution in [0.1, 0.15) is 77.0 Å². The molecule has 0 aliphatic heterocycles. The van der Waals surface area contributed by atoms with Crippen molar-refractivity contribution in [1.82, 2.24) is 0 Å². The van der Waals surface area contributed by atoms with E-state index >= 15 is 0 Å². The molecule has 2 fully saturated rings. The van der Waals surface area contributed by atoms with Crippen LogP contribution < -0.4 is 11.5 Å². The van der Waals surface area contributed by atoms with E-state index < -0.39 is 0 Å². The van der Waals surface area contributed by atoms with Crippen LogP contribution in [0.5, 0.6) is 0 Å². The van der Waals surface area contributed by atoms with Crippen molar-refractivity contribution in [3.8, 4) is 0 Å². The third-order valence-corrected chi connectivity index (χ3v) is 5.60. The molecule has 2 rings (SSSR count). The predicted octanol–water partition coefficient (Wildman–Crippen LogP) is 3.60. The Morgan fingerprint density at radius 2 is 1.05 bits per heavy atom. The minimum absolute atomic E-state index is 0.383. The van der Waals surface area contributed by atoms with E-state index in [1.165, 1.54) is 64.2 Å². The third kappa shape index (κ3) is 5.54. The zero-order chi connectivity index (χ0) is 14.9. The van der Waals surface area contributed by atoms with Crippen molar-refractivity contribution in [2.75, 3.05) is 13.1 Å². The van der Waals surface area contributed by atoms with Crippen LogP contribution in [0, 0.1) is 11.8 Å². The highest BCUT2D eigenvalue weighted by molar-refractivity contribution is 4.80. The maximum absolute atomic E-state index is 6.65. The largest absolute Gasteiger partial charge is 0.374 e. The van der Waals surface area contributed by atoms with Crippen LogP contribution in [0.15, 0.2) is 0 Å². The van der Waals surface area contributed by atoms with E-state index in [-0.39, 0.29) is 0 Å². The maximum Gasteiger partial charge on any atom is 0.0619 e. The van der Waals surface area contributed by atoms with Gasteiger partial charge in [0.15, 0.2) is 0 Å². The Morgan fingerprint density at radius 3 is 1.38 bits per heavy atom. The fraction of sp³-hybridized carbons (Fsp3) is 1.00. The summed E-state index contributed by atoms with van der Waals surface area (Å²) in [4.78, 5) is 0. The molecule has 0 aromatic carbocycles. The van der Waals surface area contributed by atoms with E-state index in [1.807, 2.05) is 0 Å².